The fraction of sp³-hybridized carbons (Fsp3) is 0.312. The van der Waals surface area contributed by atoms with E-state index in [1.54, 1.807) is 12.3 Å². The molecule has 3 rings (SSSR count). The first kappa shape index (κ1) is 12.2. The molecule has 0 N–H and O–H groups in total. The Morgan fingerprint density at radius 1 is 1.26 bits per heavy atom. The SMILES string of the molecule is Cc1ccc(Oc2ccc(F)c3c2CC[C@H]3C)nc1. The second kappa shape index (κ2) is 4.65. The molecule has 0 amide bonds. The van der Waals surface area contributed by atoms with Crippen molar-refractivity contribution >= 4 is 0 Å². The quantitative estimate of drug-likeness (QED) is 0.797. The molecule has 0 radical (unpaired) electrons. The first-order valence-corrected chi connectivity index (χ1v) is 6.57. The van der Waals surface area contributed by atoms with Crippen molar-refractivity contribution in [2.24, 2.45) is 0 Å². The molecule has 0 spiro atoms. The van der Waals surface area contributed by atoms with Gasteiger partial charge in [0.25, 0.3) is 0 Å². The van der Waals surface area contributed by atoms with E-state index < -0.39 is 0 Å². The smallest absolute Gasteiger partial charge is 0.219 e. The van der Waals surface area contributed by atoms with Crippen LogP contribution in [0.15, 0.2) is 30.5 Å². The maximum atomic E-state index is 13.8. The van der Waals surface area contributed by atoms with Gasteiger partial charge in [-0.25, -0.2) is 9.37 Å². The molecule has 1 aliphatic rings. The minimum absolute atomic E-state index is 0.121. The van der Waals surface area contributed by atoms with Crippen molar-refractivity contribution in [3.63, 3.8) is 0 Å². The fourth-order valence-electron chi connectivity index (χ4n) is 2.63. The van der Waals surface area contributed by atoms with Crippen molar-refractivity contribution in [3.05, 3.63) is 53.0 Å². The number of aryl methyl sites for hydroxylation is 1. The molecule has 2 nitrogen and oxygen atoms in total. The van der Waals surface area contributed by atoms with Gasteiger partial charge < -0.3 is 4.74 Å². The van der Waals surface area contributed by atoms with E-state index in [4.69, 9.17) is 4.74 Å². The number of halogens is 1. The Balaban J connectivity index is 1.96. The number of pyridine rings is 1. The Bertz CT molecular complexity index is 607. The minimum Gasteiger partial charge on any atom is -0.439 e. The number of nitrogens with zero attached hydrogens (tertiary/aromatic N) is 1. The first-order chi connectivity index (χ1) is 9.15. The van der Waals surface area contributed by atoms with Crippen molar-refractivity contribution in [2.75, 3.05) is 0 Å². The summed E-state index contributed by atoms with van der Waals surface area (Å²) in [6.07, 6.45) is 3.62. The maximum Gasteiger partial charge on any atom is 0.219 e. The second-order valence-corrected chi connectivity index (χ2v) is 5.15. The molecule has 1 heterocycles. The standard InChI is InChI=1S/C16H16FNO/c1-10-3-8-15(18-9-10)19-14-7-6-13(17)16-11(2)4-5-12(14)16/h3,6-9,11H,4-5H2,1-2H3/t11-/m1/s1. The maximum absolute atomic E-state index is 13.8. The van der Waals surface area contributed by atoms with Gasteiger partial charge in [0.1, 0.15) is 11.6 Å². The first-order valence-electron chi connectivity index (χ1n) is 6.57. The lowest BCUT2D eigenvalue weighted by Gasteiger charge is -2.11. The number of rotatable bonds is 2. The number of ether oxygens (including phenoxy) is 1. The molecule has 2 aromatic rings. The average molecular weight is 257 g/mol. The molecule has 0 fully saturated rings. The third kappa shape index (κ3) is 2.21. The van der Waals surface area contributed by atoms with Gasteiger partial charge in [-0.05, 0) is 48.9 Å². The second-order valence-electron chi connectivity index (χ2n) is 5.15. The summed E-state index contributed by atoms with van der Waals surface area (Å²) in [6.45, 7) is 4.04. The molecule has 1 aromatic carbocycles. The zero-order valence-electron chi connectivity index (χ0n) is 11.1. The summed E-state index contributed by atoms with van der Waals surface area (Å²) in [5.41, 5.74) is 2.89. The van der Waals surface area contributed by atoms with Crippen molar-refractivity contribution < 1.29 is 9.13 Å². The molecule has 98 valence electrons. The van der Waals surface area contributed by atoms with Crippen molar-refractivity contribution in [1.29, 1.82) is 0 Å². The van der Waals surface area contributed by atoms with Crippen molar-refractivity contribution in [2.45, 2.75) is 32.6 Å². The Morgan fingerprint density at radius 3 is 2.84 bits per heavy atom. The van der Waals surface area contributed by atoms with Crippen LogP contribution < -0.4 is 4.74 Å². The molecule has 1 aromatic heterocycles. The molecule has 3 heteroatoms. The van der Waals surface area contributed by atoms with E-state index in [-0.39, 0.29) is 11.7 Å². The highest BCUT2D eigenvalue weighted by molar-refractivity contribution is 5.47. The zero-order chi connectivity index (χ0) is 13.4. The molecular weight excluding hydrogens is 241 g/mol. The Morgan fingerprint density at radius 2 is 2.11 bits per heavy atom. The van der Waals surface area contributed by atoms with Gasteiger partial charge in [-0.3, -0.25) is 0 Å². The number of hydrogen-bond acceptors (Lipinski definition) is 2. The molecule has 1 atom stereocenters. The van der Waals surface area contributed by atoms with Gasteiger partial charge in [0.2, 0.25) is 5.88 Å². The Kier molecular flexibility index (Phi) is 2.97. The van der Waals surface area contributed by atoms with Crippen LogP contribution in [0.2, 0.25) is 0 Å². The van der Waals surface area contributed by atoms with E-state index in [1.807, 2.05) is 19.1 Å². The summed E-state index contributed by atoms with van der Waals surface area (Å²) >= 11 is 0. The van der Waals surface area contributed by atoms with E-state index in [0.29, 0.717) is 5.88 Å². The van der Waals surface area contributed by atoms with Crippen LogP contribution in [0, 0.1) is 12.7 Å². The van der Waals surface area contributed by atoms with Crippen LogP contribution in [0.4, 0.5) is 4.39 Å². The third-order valence-electron chi connectivity index (χ3n) is 3.68. The normalized spacial score (nSPS) is 17.3. The van der Waals surface area contributed by atoms with E-state index in [0.717, 1.165) is 35.3 Å². The van der Waals surface area contributed by atoms with Gasteiger partial charge in [0, 0.05) is 17.8 Å². The molecule has 0 aliphatic heterocycles. The Labute approximate surface area is 112 Å². The number of aromatic nitrogens is 1. The van der Waals surface area contributed by atoms with E-state index >= 15 is 0 Å². The lowest BCUT2D eigenvalue weighted by Crippen LogP contribution is -1.96. The highest BCUT2D eigenvalue weighted by atomic mass is 19.1. The van der Waals surface area contributed by atoms with Crippen molar-refractivity contribution in [3.8, 4) is 11.6 Å². The van der Waals surface area contributed by atoms with Crippen molar-refractivity contribution in [1.82, 2.24) is 4.98 Å². The monoisotopic (exact) mass is 257 g/mol. The number of fused-ring (bicyclic) bond motifs is 1. The molecular formula is C16H16FNO. The van der Waals surface area contributed by atoms with Crippen LogP contribution >= 0.6 is 0 Å². The lowest BCUT2D eigenvalue weighted by atomic mass is 10.0. The highest BCUT2D eigenvalue weighted by Crippen LogP contribution is 2.40. The van der Waals surface area contributed by atoms with Crippen LogP contribution in [0.1, 0.15) is 36.0 Å². The van der Waals surface area contributed by atoms with Gasteiger partial charge in [0.05, 0.1) is 0 Å². The Hall–Kier alpha value is -1.90. The molecule has 0 saturated heterocycles. The van der Waals surface area contributed by atoms with Gasteiger partial charge >= 0.3 is 0 Å². The third-order valence-corrected chi connectivity index (χ3v) is 3.68. The summed E-state index contributed by atoms with van der Waals surface area (Å²) < 4.78 is 19.6. The van der Waals surface area contributed by atoms with Crippen LogP contribution in [0.25, 0.3) is 0 Å². The van der Waals surface area contributed by atoms with Gasteiger partial charge in [-0.2, -0.15) is 0 Å². The van der Waals surface area contributed by atoms with Gasteiger partial charge in [-0.15, -0.1) is 0 Å². The predicted molar refractivity (Wildman–Crippen MR) is 72.2 cm³/mol. The lowest BCUT2D eigenvalue weighted by molar-refractivity contribution is 0.455. The van der Waals surface area contributed by atoms with E-state index in [2.05, 4.69) is 11.9 Å². The summed E-state index contributed by atoms with van der Waals surface area (Å²) in [7, 11) is 0. The topological polar surface area (TPSA) is 22.1 Å². The predicted octanol–water partition coefficient (Wildman–Crippen LogP) is 4.37. The molecule has 1 aliphatic carbocycles. The van der Waals surface area contributed by atoms with Crippen LogP contribution in [-0.4, -0.2) is 4.98 Å². The molecule has 0 saturated carbocycles. The largest absolute Gasteiger partial charge is 0.439 e. The van der Waals surface area contributed by atoms with E-state index in [1.165, 1.54) is 6.07 Å². The molecule has 0 bridgehead atoms. The summed E-state index contributed by atoms with van der Waals surface area (Å²) in [5, 5.41) is 0. The van der Waals surface area contributed by atoms with Crippen LogP contribution in [-0.2, 0) is 6.42 Å². The van der Waals surface area contributed by atoms with Gasteiger partial charge in [-0.1, -0.05) is 13.0 Å². The number of benzene rings is 1. The number of hydrogen-bond donors (Lipinski definition) is 0. The van der Waals surface area contributed by atoms with Crippen LogP contribution in [0.5, 0.6) is 11.6 Å². The highest BCUT2D eigenvalue weighted by Gasteiger charge is 2.26. The fourth-order valence-corrected chi connectivity index (χ4v) is 2.63. The molecule has 0 unspecified atom stereocenters. The van der Waals surface area contributed by atoms with Crippen LogP contribution in [0.3, 0.4) is 0 Å². The minimum atomic E-state index is -0.121. The summed E-state index contributed by atoms with van der Waals surface area (Å²) in [5.74, 6) is 1.44. The van der Waals surface area contributed by atoms with E-state index in [9.17, 15) is 4.39 Å². The summed E-state index contributed by atoms with van der Waals surface area (Å²) in [4.78, 5) is 4.22. The van der Waals surface area contributed by atoms with Gasteiger partial charge in [0.15, 0.2) is 0 Å². The summed E-state index contributed by atoms with van der Waals surface area (Å²) in [6, 6.07) is 6.98. The zero-order valence-corrected chi connectivity index (χ0v) is 11.1. The molecule has 19 heavy (non-hydrogen) atoms. The average Bonchev–Trinajstić information content (AvgIpc) is 2.79.